The number of carbonyl (C=O) groups excluding carboxylic acids is 2. The fourth-order valence-corrected chi connectivity index (χ4v) is 5.04. The molecular weight excluding hydrogens is 452 g/mol. The first-order valence-corrected chi connectivity index (χ1v) is 11.2. The lowest BCUT2D eigenvalue weighted by atomic mass is 9.96. The van der Waals surface area contributed by atoms with Crippen molar-refractivity contribution in [1.29, 1.82) is 0 Å². The van der Waals surface area contributed by atoms with Crippen LogP contribution in [0.1, 0.15) is 39.4 Å². The van der Waals surface area contributed by atoms with Crippen LogP contribution in [0.15, 0.2) is 71.5 Å². The summed E-state index contributed by atoms with van der Waals surface area (Å²) in [5.41, 5.74) is 2.56. The Morgan fingerprint density at radius 3 is 2.18 bits per heavy atom. The van der Waals surface area contributed by atoms with Crippen LogP contribution >= 0.6 is 11.6 Å². The van der Waals surface area contributed by atoms with E-state index in [1.165, 1.54) is 4.90 Å². The van der Waals surface area contributed by atoms with Crippen molar-refractivity contribution in [2.75, 3.05) is 7.11 Å². The maximum absolute atomic E-state index is 13.9. The van der Waals surface area contributed by atoms with Crippen molar-refractivity contribution < 1.29 is 14.3 Å². The van der Waals surface area contributed by atoms with Crippen LogP contribution in [0, 0.1) is 0 Å². The maximum atomic E-state index is 13.9. The highest BCUT2D eigenvalue weighted by Gasteiger charge is 2.40. The molecule has 0 aliphatic carbocycles. The van der Waals surface area contributed by atoms with Crippen LogP contribution in [-0.2, 0) is 7.05 Å². The molecular formula is C27H21ClN2O4. The third-order valence-electron chi connectivity index (χ3n) is 6.39. The van der Waals surface area contributed by atoms with Crippen molar-refractivity contribution in [3.8, 4) is 16.9 Å². The molecule has 5 rings (SSSR count). The van der Waals surface area contributed by atoms with Crippen molar-refractivity contribution in [2.45, 2.75) is 13.0 Å². The summed E-state index contributed by atoms with van der Waals surface area (Å²) in [4.78, 5) is 41.6. The number of imide groups is 1. The fraction of sp³-hybridized carbons (Fsp3) is 0.148. The molecule has 0 saturated carbocycles. The molecule has 0 fully saturated rings. The van der Waals surface area contributed by atoms with Crippen molar-refractivity contribution in [1.82, 2.24) is 9.47 Å². The van der Waals surface area contributed by atoms with E-state index in [1.807, 2.05) is 11.6 Å². The van der Waals surface area contributed by atoms with Crippen LogP contribution in [0.4, 0.5) is 0 Å². The highest BCUT2D eigenvalue weighted by molar-refractivity contribution is 6.35. The van der Waals surface area contributed by atoms with Crippen LogP contribution in [-0.4, -0.2) is 28.4 Å². The van der Waals surface area contributed by atoms with Gasteiger partial charge in [0.05, 0.1) is 51.5 Å². The predicted octanol–water partition coefficient (Wildman–Crippen LogP) is 5.22. The van der Waals surface area contributed by atoms with Gasteiger partial charge in [-0.15, -0.1) is 0 Å². The van der Waals surface area contributed by atoms with Gasteiger partial charge in [0, 0.05) is 7.05 Å². The Balaban J connectivity index is 1.82. The maximum Gasteiger partial charge on any atom is 0.262 e. The number of rotatable bonds is 4. The number of hydrogen-bond acceptors (Lipinski definition) is 4. The minimum absolute atomic E-state index is 0.273. The van der Waals surface area contributed by atoms with Gasteiger partial charge in [-0.2, -0.15) is 0 Å². The Hall–Kier alpha value is -3.90. The molecule has 1 atom stereocenters. The molecule has 1 aliphatic rings. The van der Waals surface area contributed by atoms with E-state index in [4.69, 9.17) is 16.3 Å². The normalized spacial score (nSPS) is 13.9. The van der Waals surface area contributed by atoms with E-state index < -0.39 is 6.04 Å². The van der Waals surface area contributed by atoms with Gasteiger partial charge in [-0.05, 0) is 48.9 Å². The monoisotopic (exact) mass is 472 g/mol. The summed E-state index contributed by atoms with van der Waals surface area (Å²) in [5, 5.41) is 0.713. The van der Waals surface area contributed by atoms with Gasteiger partial charge in [-0.3, -0.25) is 19.3 Å². The van der Waals surface area contributed by atoms with Gasteiger partial charge in [0.2, 0.25) is 0 Å². The van der Waals surface area contributed by atoms with E-state index in [0.29, 0.717) is 49.6 Å². The highest BCUT2D eigenvalue weighted by atomic mass is 35.5. The van der Waals surface area contributed by atoms with Gasteiger partial charge >= 0.3 is 0 Å². The molecule has 2 amide bonds. The molecule has 2 heterocycles. The highest BCUT2D eigenvalue weighted by Crippen LogP contribution is 2.37. The largest absolute Gasteiger partial charge is 0.497 e. The van der Waals surface area contributed by atoms with Gasteiger partial charge in [-0.1, -0.05) is 41.9 Å². The summed E-state index contributed by atoms with van der Waals surface area (Å²) in [6, 6.07) is 18.4. The number of aryl methyl sites for hydroxylation is 1. The van der Waals surface area contributed by atoms with Gasteiger partial charge in [0.1, 0.15) is 5.75 Å². The number of hydrogen-bond donors (Lipinski definition) is 0. The van der Waals surface area contributed by atoms with Crippen LogP contribution in [0.25, 0.3) is 22.0 Å². The Morgan fingerprint density at radius 2 is 1.53 bits per heavy atom. The number of halogens is 1. The van der Waals surface area contributed by atoms with E-state index in [2.05, 4.69) is 0 Å². The molecule has 1 aliphatic heterocycles. The predicted molar refractivity (Wildman–Crippen MR) is 132 cm³/mol. The van der Waals surface area contributed by atoms with Crippen LogP contribution in [0.2, 0.25) is 5.02 Å². The van der Waals surface area contributed by atoms with E-state index in [-0.39, 0.29) is 17.2 Å². The number of benzene rings is 3. The number of methoxy groups -OCH3 is 1. The van der Waals surface area contributed by atoms with Gasteiger partial charge < -0.3 is 9.30 Å². The second kappa shape index (κ2) is 8.15. The zero-order valence-electron chi connectivity index (χ0n) is 18.8. The zero-order chi connectivity index (χ0) is 24.1. The Labute approximate surface area is 201 Å². The SMILES string of the molecule is COc1cccc(-c2c([C@H](C)N3C(=O)c4ccccc4C3=O)n(C)c3cccc(Cl)c3c2=O)c1. The fourth-order valence-electron chi connectivity index (χ4n) is 4.78. The summed E-state index contributed by atoms with van der Waals surface area (Å²) < 4.78 is 7.22. The molecule has 7 heteroatoms. The van der Waals surface area contributed by atoms with E-state index in [1.54, 1.807) is 80.8 Å². The molecule has 0 unspecified atom stereocenters. The molecule has 6 nitrogen and oxygen atoms in total. The average molecular weight is 473 g/mol. The second-order valence-electron chi connectivity index (χ2n) is 8.22. The quantitative estimate of drug-likeness (QED) is 0.382. The van der Waals surface area contributed by atoms with Gasteiger partial charge in [0.25, 0.3) is 11.8 Å². The first kappa shape index (κ1) is 21.9. The summed E-state index contributed by atoms with van der Waals surface area (Å²) >= 11 is 6.46. The summed E-state index contributed by atoms with van der Waals surface area (Å²) in [6.07, 6.45) is 0. The minimum Gasteiger partial charge on any atom is -0.497 e. The van der Waals surface area contributed by atoms with Gasteiger partial charge in [-0.25, -0.2) is 0 Å². The molecule has 170 valence electrons. The number of pyridine rings is 1. The number of ether oxygens (including phenoxy) is 1. The Kier molecular flexibility index (Phi) is 5.25. The number of nitrogens with zero attached hydrogens (tertiary/aromatic N) is 2. The topological polar surface area (TPSA) is 68.6 Å². The molecule has 3 aromatic carbocycles. The lowest BCUT2D eigenvalue weighted by Crippen LogP contribution is -2.35. The van der Waals surface area contributed by atoms with Gasteiger partial charge in [0.15, 0.2) is 5.43 Å². The first-order chi connectivity index (χ1) is 16.3. The second-order valence-corrected chi connectivity index (χ2v) is 8.62. The summed E-state index contributed by atoms with van der Waals surface area (Å²) in [7, 11) is 3.36. The zero-order valence-corrected chi connectivity index (χ0v) is 19.6. The standard InChI is InChI=1S/C27H21ClN2O4/c1-15(30-26(32)18-10-4-5-11-19(18)27(30)33)24-22(16-8-6-9-17(14-16)34-3)25(31)23-20(28)12-7-13-21(23)29(24)2/h4-15H,1-3H3/t15-/m0/s1. The summed E-state index contributed by atoms with van der Waals surface area (Å²) in [6.45, 7) is 1.76. The summed E-state index contributed by atoms with van der Waals surface area (Å²) in [5.74, 6) is -0.190. The number of carbonyl (C=O) groups is 2. The van der Waals surface area contributed by atoms with E-state index in [9.17, 15) is 14.4 Å². The van der Waals surface area contributed by atoms with E-state index >= 15 is 0 Å². The molecule has 0 bridgehead atoms. The lowest BCUT2D eigenvalue weighted by molar-refractivity contribution is 0.0590. The van der Waals surface area contributed by atoms with Crippen LogP contribution in [0.3, 0.4) is 0 Å². The first-order valence-electron chi connectivity index (χ1n) is 10.8. The molecule has 0 saturated heterocycles. The molecule has 0 radical (unpaired) electrons. The van der Waals surface area contributed by atoms with Crippen LogP contribution in [0.5, 0.6) is 5.75 Å². The van der Waals surface area contributed by atoms with E-state index in [0.717, 1.165) is 0 Å². The average Bonchev–Trinajstić information content (AvgIpc) is 3.10. The van der Waals surface area contributed by atoms with Crippen LogP contribution < -0.4 is 10.2 Å². The minimum atomic E-state index is -0.727. The van der Waals surface area contributed by atoms with Crippen molar-refractivity contribution >= 4 is 34.3 Å². The Bertz CT molecular complexity index is 1520. The molecule has 0 spiro atoms. The van der Waals surface area contributed by atoms with Crippen molar-refractivity contribution in [3.05, 3.63) is 98.8 Å². The molecule has 34 heavy (non-hydrogen) atoms. The third-order valence-corrected chi connectivity index (χ3v) is 6.71. The number of fused-ring (bicyclic) bond motifs is 2. The van der Waals surface area contributed by atoms with Crippen molar-refractivity contribution in [3.63, 3.8) is 0 Å². The molecule has 0 N–H and O–H groups in total. The molecule has 1 aromatic heterocycles. The van der Waals surface area contributed by atoms with Crippen molar-refractivity contribution in [2.24, 2.45) is 7.05 Å². The third kappa shape index (κ3) is 3.14. The Morgan fingerprint density at radius 1 is 0.882 bits per heavy atom. The number of amides is 2. The smallest absolute Gasteiger partial charge is 0.262 e. The number of aromatic nitrogens is 1. The lowest BCUT2D eigenvalue weighted by Gasteiger charge is -2.28. The molecule has 4 aromatic rings.